The van der Waals surface area contributed by atoms with Crippen LogP contribution < -0.4 is 4.74 Å². The number of rotatable bonds is 11. The summed E-state index contributed by atoms with van der Waals surface area (Å²) in [7, 11) is 3.30. The highest BCUT2D eigenvalue weighted by molar-refractivity contribution is 5.75. The van der Waals surface area contributed by atoms with Gasteiger partial charge in [-0.15, -0.1) is 0 Å². The molecule has 1 aromatic carbocycles. The molecule has 0 aliphatic carbocycles. The van der Waals surface area contributed by atoms with Crippen LogP contribution >= 0.6 is 0 Å². The number of hydrogen-bond acceptors (Lipinski definition) is 5. The van der Waals surface area contributed by atoms with E-state index in [0.29, 0.717) is 26.3 Å². The molecule has 0 amide bonds. The number of nitrogens with zero attached hydrogens (tertiary/aromatic N) is 1. The Kier molecular flexibility index (Phi) is 9.52. The van der Waals surface area contributed by atoms with Gasteiger partial charge in [-0.25, -0.2) is 0 Å². The zero-order valence-corrected chi connectivity index (χ0v) is 14.8. The molecule has 5 heteroatoms. The van der Waals surface area contributed by atoms with Crippen LogP contribution in [0.5, 0.6) is 5.75 Å². The van der Waals surface area contributed by atoms with Crippen LogP contribution in [0.25, 0.3) is 0 Å². The van der Waals surface area contributed by atoms with E-state index in [1.807, 2.05) is 23.1 Å². The average molecular weight is 323 g/mol. The van der Waals surface area contributed by atoms with Gasteiger partial charge in [-0.3, -0.25) is 9.69 Å². The largest absolute Gasteiger partial charge is 0.425 e. The number of methoxy groups -OCH3 is 2. The fourth-order valence-corrected chi connectivity index (χ4v) is 2.37. The number of hydrogen-bond donors (Lipinski definition) is 0. The third-order valence-electron chi connectivity index (χ3n) is 3.73. The van der Waals surface area contributed by atoms with Crippen LogP contribution in [-0.4, -0.2) is 57.9 Å². The van der Waals surface area contributed by atoms with Crippen LogP contribution in [0.3, 0.4) is 0 Å². The Hall–Kier alpha value is -1.43. The van der Waals surface area contributed by atoms with Crippen molar-refractivity contribution in [2.75, 3.05) is 47.1 Å². The first-order chi connectivity index (χ1) is 11.2. The molecule has 0 atom stereocenters. The summed E-state index contributed by atoms with van der Waals surface area (Å²) in [5, 5.41) is 0. The Balaban J connectivity index is 2.73. The number of carbonyl (C=O) groups excluding carboxylic acids is 1. The second-order valence-corrected chi connectivity index (χ2v) is 5.35. The van der Waals surface area contributed by atoms with Crippen LogP contribution in [0, 0.1) is 0 Å². The molecule has 0 saturated heterocycles. The van der Waals surface area contributed by atoms with Gasteiger partial charge in [0.1, 0.15) is 5.75 Å². The van der Waals surface area contributed by atoms with Gasteiger partial charge < -0.3 is 14.2 Å². The molecule has 0 aliphatic rings. The summed E-state index contributed by atoms with van der Waals surface area (Å²) in [6.45, 7) is 6.85. The van der Waals surface area contributed by atoms with Gasteiger partial charge in [0.2, 0.25) is 0 Å². The number of ether oxygens (including phenoxy) is 3. The van der Waals surface area contributed by atoms with Gasteiger partial charge in [-0.2, -0.15) is 0 Å². The number of esters is 1. The third-order valence-corrected chi connectivity index (χ3v) is 3.73. The normalized spacial score (nSPS) is 11.0. The lowest BCUT2D eigenvalue weighted by Gasteiger charge is -2.21. The zero-order chi connectivity index (χ0) is 17.1. The van der Waals surface area contributed by atoms with Crippen LogP contribution in [0.15, 0.2) is 18.2 Å². The lowest BCUT2D eigenvalue weighted by atomic mass is 10.0. The first-order valence-electron chi connectivity index (χ1n) is 8.17. The Bertz CT molecular complexity index is 446. The van der Waals surface area contributed by atoms with E-state index in [-0.39, 0.29) is 12.5 Å². The smallest absolute Gasteiger partial charge is 0.325 e. The van der Waals surface area contributed by atoms with E-state index in [0.717, 1.165) is 29.7 Å². The Morgan fingerprint density at radius 3 is 1.96 bits per heavy atom. The third kappa shape index (κ3) is 6.69. The second kappa shape index (κ2) is 11.2. The average Bonchev–Trinajstić information content (AvgIpc) is 2.57. The molecule has 1 aromatic rings. The maximum atomic E-state index is 12.3. The quantitative estimate of drug-likeness (QED) is 0.462. The van der Waals surface area contributed by atoms with Gasteiger partial charge in [0, 0.05) is 27.3 Å². The van der Waals surface area contributed by atoms with Gasteiger partial charge in [-0.1, -0.05) is 32.0 Å². The van der Waals surface area contributed by atoms with Crippen LogP contribution in [0.4, 0.5) is 0 Å². The number of carbonyl (C=O) groups is 1. The molecule has 0 fully saturated rings. The molecule has 0 aliphatic heterocycles. The van der Waals surface area contributed by atoms with E-state index in [1.165, 1.54) is 0 Å². The molecule has 0 radical (unpaired) electrons. The van der Waals surface area contributed by atoms with Crippen molar-refractivity contribution in [3.05, 3.63) is 29.3 Å². The molecule has 0 heterocycles. The molecular formula is C18H29NO4. The maximum absolute atomic E-state index is 12.3. The van der Waals surface area contributed by atoms with Crippen molar-refractivity contribution >= 4 is 5.97 Å². The van der Waals surface area contributed by atoms with Crippen LogP contribution in [0.1, 0.15) is 25.0 Å². The van der Waals surface area contributed by atoms with Crippen LogP contribution in [-0.2, 0) is 27.1 Å². The van der Waals surface area contributed by atoms with Crippen molar-refractivity contribution in [3.63, 3.8) is 0 Å². The molecule has 0 spiro atoms. The molecular weight excluding hydrogens is 294 g/mol. The van der Waals surface area contributed by atoms with Gasteiger partial charge in [0.05, 0.1) is 19.8 Å². The summed E-state index contributed by atoms with van der Waals surface area (Å²) in [5.74, 6) is 0.480. The fraction of sp³-hybridized carbons (Fsp3) is 0.611. The minimum absolute atomic E-state index is 0.230. The van der Waals surface area contributed by atoms with Crippen molar-refractivity contribution in [3.8, 4) is 5.75 Å². The van der Waals surface area contributed by atoms with Crippen molar-refractivity contribution < 1.29 is 19.0 Å². The molecule has 23 heavy (non-hydrogen) atoms. The lowest BCUT2D eigenvalue weighted by Crippen LogP contribution is -2.37. The summed E-state index contributed by atoms with van der Waals surface area (Å²) >= 11 is 0. The number of aryl methyl sites for hydroxylation is 2. The Morgan fingerprint density at radius 2 is 1.52 bits per heavy atom. The predicted octanol–water partition coefficient (Wildman–Crippen LogP) is 2.31. The summed E-state index contributed by atoms with van der Waals surface area (Å²) < 4.78 is 15.9. The highest BCUT2D eigenvalue weighted by Gasteiger charge is 2.16. The van der Waals surface area contributed by atoms with E-state index in [9.17, 15) is 4.79 Å². The van der Waals surface area contributed by atoms with Crippen molar-refractivity contribution in [2.24, 2.45) is 0 Å². The van der Waals surface area contributed by atoms with Gasteiger partial charge >= 0.3 is 5.97 Å². The predicted molar refractivity (Wildman–Crippen MR) is 91.0 cm³/mol. The van der Waals surface area contributed by atoms with E-state index >= 15 is 0 Å². The minimum atomic E-state index is -0.243. The van der Waals surface area contributed by atoms with Gasteiger partial charge in [-0.05, 0) is 24.0 Å². The first kappa shape index (κ1) is 19.6. The highest BCUT2D eigenvalue weighted by atomic mass is 16.5. The summed E-state index contributed by atoms with van der Waals surface area (Å²) in [5.41, 5.74) is 2.14. The van der Waals surface area contributed by atoms with E-state index in [4.69, 9.17) is 14.2 Å². The summed E-state index contributed by atoms with van der Waals surface area (Å²) in [6.07, 6.45) is 1.68. The van der Waals surface area contributed by atoms with Crippen molar-refractivity contribution in [2.45, 2.75) is 26.7 Å². The van der Waals surface area contributed by atoms with E-state index in [1.54, 1.807) is 14.2 Å². The summed E-state index contributed by atoms with van der Waals surface area (Å²) in [6, 6.07) is 6.03. The first-order valence-corrected chi connectivity index (χ1v) is 8.17. The highest BCUT2D eigenvalue weighted by Crippen LogP contribution is 2.25. The van der Waals surface area contributed by atoms with Crippen molar-refractivity contribution in [1.29, 1.82) is 0 Å². The van der Waals surface area contributed by atoms with Crippen LogP contribution in [0.2, 0.25) is 0 Å². The molecule has 5 nitrogen and oxygen atoms in total. The molecule has 0 N–H and O–H groups in total. The van der Waals surface area contributed by atoms with Gasteiger partial charge in [0.25, 0.3) is 0 Å². The SMILES string of the molecule is CCc1cccc(CC)c1OC(=O)CN(CCOC)CCOC. The monoisotopic (exact) mass is 323 g/mol. The molecule has 1 rings (SSSR count). The molecule has 0 saturated carbocycles. The zero-order valence-electron chi connectivity index (χ0n) is 14.8. The Labute approximate surface area is 139 Å². The fourth-order valence-electron chi connectivity index (χ4n) is 2.37. The summed E-state index contributed by atoms with van der Waals surface area (Å²) in [4.78, 5) is 14.3. The van der Waals surface area contributed by atoms with Crippen molar-refractivity contribution in [1.82, 2.24) is 4.90 Å². The molecule has 0 bridgehead atoms. The second-order valence-electron chi connectivity index (χ2n) is 5.35. The molecule has 130 valence electrons. The van der Waals surface area contributed by atoms with Gasteiger partial charge in [0.15, 0.2) is 0 Å². The van der Waals surface area contributed by atoms with E-state index < -0.39 is 0 Å². The molecule has 0 unspecified atom stereocenters. The minimum Gasteiger partial charge on any atom is -0.425 e. The standard InChI is InChI=1S/C18H29NO4/c1-5-15-8-7-9-16(6-2)18(15)23-17(20)14-19(10-12-21-3)11-13-22-4/h7-9H,5-6,10-14H2,1-4H3. The lowest BCUT2D eigenvalue weighted by molar-refractivity contribution is -0.136. The van der Waals surface area contributed by atoms with E-state index in [2.05, 4.69) is 13.8 Å². The molecule has 0 aromatic heterocycles. The topological polar surface area (TPSA) is 48.0 Å². The number of para-hydroxylation sites is 1. The number of benzene rings is 1. The Morgan fingerprint density at radius 1 is 1.00 bits per heavy atom. The maximum Gasteiger partial charge on any atom is 0.325 e.